The van der Waals surface area contributed by atoms with Crippen LogP contribution in [0.3, 0.4) is 0 Å². The summed E-state index contributed by atoms with van der Waals surface area (Å²) in [5.41, 5.74) is 3.71. The Hall–Kier alpha value is -1.13. The van der Waals surface area contributed by atoms with Crippen LogP contribution in [0.1, 0.15) is 36.0 Å². The van der Waals surface area contributed by atoms with Gasteiger partial charge in [0.05, 0.1) is 11.4 Å². The van der Waals surface area contributed by atoms with Gasteiger partial charge in [-0.25, -0.2) is 4.98 Å². The fourth-order valence-electron chi connectivity index (χ4n) is 2.13. The molecule has 0 spiro atoms. The van der Waals surface area contributed by atoms with Gasteiger partial charge in [-0.2, -0.15) is 0 Å². The first-order valence-corrected chi connectivity index (χ1v) is 7.31. The summed E-state index contributed by atoms with van der Waals surface area (Å²) in [6.07, 6.45) is 7.12. The van der Waals surface area contributed by atoms with E-state index >= 15 is 0 Å². The molecule has 2 aromatic heterocycles. The summed E-state index contributed by atoms with van der Waals surface area (Å²) in [4.78, 5) is 7.01. The summed E-state index contributed by atoms with van der Waals surface area (Å²) in [6.45, 7) is 7.39. The summed E-state index contributed by atoms with van der Waals surface area (Å²) in [5.74, 6) is 0. The highest BCUT2D eigenvalue weighted by atomic mass is 32.1. The third-order valence-corrected chi connectivity index (χ3v) is 4.19. The van der Waals surface area contributed by atoms with E-state index in [0.717, 1.165) is 23.2 Å². The molecule has 3 rings (SSSR count). The van der Waals surface area contributed by atoms with Crippen molar-refractivity contribution < 1.29 is 0 Å². The largest absolute Gasteiger partial charge is 0.310 e. The van der Waals surface area contributed by atoms with Crippen molar-refractivity contribution in [2.24, 2.45) is 0 Å². The van der Waals surface area contributed by atoms with Gasteiger partial charge in [-0.05, 0) is 39.7 Å². The molecule has 1 N–H and O–H groups in total. The quantitative estimate of drug-likeness (QED) is 0.916. The third-order valence-electron chi connectivity index (χ3n) is 3.29. The van der Waals surface area contributed by atoms with Crippen LogP contribution in [0.4, 0.5) is 0 Å². The Morgan fingerprint density at radius 2 is 2.33 bits per heavy atom. The van der Waals surface area contributed by atoms with Crippen LogP contribution in [0.25, 0.3) is 11.0 Å². The molecule has 0 unspecified atom stereocenters. The number of nitrogens with zero attached hydrogens (tertiary/aromatic N) is 2. The number of aryl methyl sites for hydroxylation is 2. The molecule has 0 radical (unpaired) electrons. The van der Waals surface area contributed by atoms with Crippen molar-refractivity contribution in [3.8, 4) is 0 Å². The Kier molecular flexibility index (Phi) is 2.99. The zero-order valence-corrected chi connectivity index (χ0v) is 12.0. The molecule has 0 saturated heterocycles. The molecule has 1 fully saturated rings. The maximum atomic E-state index is 4.61. The monoisotopic (exact) mass is 261 g/mol. The molecule has 0 atom stereocenters. The maximum Gasteiger partial charge on any atom is 0.194 e. The van der Waals surface area contributed by atoms with Crippen molar-refractivity contribution in [1.82, 2.24) is 14.7 Å². The van der Waals surface area contributed by atoms with E-state index in [1.54, 1.807) is 11.3 Å². The van der Waals surface area contributed by atoms with Crippen molar-refractivity contribution in [3.05, 3.63) is 28.0 Å². The standard InChI is InChI=1S/C14H19N3S/c1-9(7-15-12-4-5-12)6-13-11(3)16-14-17(13)8-10(2)18-14/h6,8,12,15H,4-5,7H2,1-3H3. The molecular formula is C14H19N3S. The van der Waals surface area contributed by atoms with E-state index in [-0.39, 0.29) is 0 Å². The molecule has 1 aliphatic carbocycles. The second-order valence-corrected chi connectivity index (χ2v) is 6.44. The average molecular weight is 261 g/mol. The van der Waals surface area contributed by atoms with Crippen molar-refractivity contribution in [2.45, 2.75) is 39.7 Å². The number of rotatable bonds is 4. The molecule has 0 aliphatic heterocycles. The van der Waals surface area contributed by atoms with E-state index in [2.05, 4.69) is 47.7 Å². The second-order valence-electron chi connectivity index (χ2n) is 5.22. The Bertz CT molecular complexity index is 602. The highest BCUT2D eigenvalue weighted by Gasteiger charge is 2.19. The van der Waals surface area contributed by atoms with Gasteiger partial charge in [0, 0.05) is 23.7 Å². The van der Waals surface area contributed by atoms with Crippen LogP contribution in [0.15, 0.2) is 11.8 Å². The molecule has 0 amide bonds. The van der Waals surface area contributed by atoms with E-state index in [0.29, 0.717) is 0 Å². The first-order chi connectivity index (χ1) is 8.63. The number of aromatic nitrogens is 2. The van der Waals surface area contributed by atoms with E-state index in [4.69, 9.17) is 0 Å². The number of fused-ring (bicyclic) bond motifs is 1. The molecule has 4 heteroatoms. The molecular weight excluding hydrogens is 242 g/mol. The van der Waals surface area contributed by atoms with E-state index in [1.807, 2.05) is 0 Å². The first kappa shape index (κ1) is 11.9. The van der Waals surface area contributed by atoms with E-state index in [9.17, 15) is 0 Å². The Labute approximate surface area is 112 Å². The number of imidazole rings is 1. The van der Waals surface area contributed by atoms with E-state index < -0.39 is 0 Å². The number of nitrogens with one attached hydrogen (secondary N) is 1. The highest BCUT2D eigenvalue weighted by Crippen LogP contribution is 2.23. The van der Waals surface area contributed by atoms with Gasteiger partial charge >= 0.3 is 0 Å². The first-order valence-electron chi connectivity index (χ1n) is 6.49. The smallest absolute Gasteiger partial charge is 0.194 e. The summed E-state index contributed by atoms with van der Waals surface area (Å²) >= 11 is 1.75. The molecule has 2 heterocycles. The number of thiazole rings is 1. The van der Waals surface area contributed by atoms with Gasteiger partial charge < -0.3 is 5.32 Å². The van der Waals surface area contributed by atoms with Crippen molar-refractivity contribution >= 4 is 22.4 Å². The highest BCUT2D eigenvalue weighted by molar-refractivity contribution is 7.17. The molecule has 1 saturated carbocycles. The predicted molar refractivity (Wildman–Crippen MR) is 77.2 cm³/mol. The topological polar surface area (TPSA) is 29.3 Å². The molecule has 1 aliphatic rings. The van der Waals surface area contributed by atoms with Crippen LogP contribution in [0.2, 0.25) is 0 Å². The van der Waals surface area contributed by atoms with Crippen LogP contribution in [-0.2, 0) is 0 Å². The van der Waals surface area contributed by atoms with Gasteiger partial charge in [0.25, 0.3) is 0 Å². The fourth-order valence-corrected chi connectivity index (χ4v) is 3.01. The molecule has 2 aromatic rings. The molecule has 0 aromatic carbocycles. The third kappa shape index (κ3) is 2.35. The number of hydrogen-bond donors (Lipinski definition) is 1. The SMILES string of the molecule is CC(=Cc1c(C)nc2sc(C)cn12)CNC1CC1. The van der Waals surface area contributed by atoms with Crippen LogP contribution < -0.4 is 5.32 Å². The van der Waals surface area contributed by atoms with Crippen molar-refractivity contribution in [3.63, 3.8) is 0 Å². The van der Waals surface area contributed by atoms with Crippen LogP contribution in [0, 0.1) is 13.8 Å². The summed E-state index contributed by atoms with van der Waals surface area (Å²) in [5, 5.41) is 3.55. The summed E-state index contributed by atoms with van der Waals surface area (Å²) in [7, 11) is 0. The zero-order valence-electron chi connectivity index (χ0n) is 11.2. The molecule has 18 heavy (non-hydrogen) atoms. The minimum absolute atomic E-state index is 0.767. The van der Waals surface area contributed by atoms with Gasteiger partial charge in [0.15, 0.2) is 4.96 Å². The van der Waals surface area contributed by atoms with Gasteiger partial charge in [0.1, 0.15) is 0 Å². The summed E-state index contributed by atoms with van der Waals surface area (Å²) in [6, 6.07) is 0.767. The molecule has 3 nitrogen and oxygen atoms in total. The second kappa shape index (κ2) is 4.52. The minimum atomic E-state index is 0.767. The lowest BCUT2D eigenvalue weighted by molar-refractivity contribution is 0.735. The Morgan fingerprint density at radius 1 is 1.56 bits per heavy atom. The lowest BCUT2D eigenvalue weighted by Gasteiger charge is -2.03. The van der Waals surface area contributed by atoms with Crippen LogP contribution in [-0.4, -0.2) is 22.0 Å². The van der Waals surface area contributed by atoms with E-state index in [1.165, 1.54) is 29.0 Å². The van der Waals surface area contributed by atoms with Gasteiger partial charge in [-0.15, -0.1) is 11.3 Å². The van der Waals surface area contributed by atoms with Crippen molar-refractivity contribution in [2.75, 3.05) is 6.54 Å². The Morgan fingerprint density at radius 3 is 3.06 bits per heavy atom. The van der Waals surface area contributed by atoms with Crippen LogP contribution >= 0.6 is 11.3 Å². The van der Waals surface area contributed by atoms with Crippen molar-refractivity contribution in [1.29, 1.82) is 0 Å². The lowest BCUT2D eigenvalue weighted by atomic mass is 10.2. The fraction of sp³-hybridized carbons (Fsp3) is 0.500. The van der Waals surface area contributed by atoms with Gasteiger partial charge in [-0.1, -0.05) is 5.57 Å². The molecule has 96 valence electrons. The maximum absolute atomic E-state index is 4.61. The normalized spacial score (nSPS) is 16.7. The minimum Gasteiger partial charge on any atom is -0.310 e. The van der Waals surface area contributed by atoms with Gasteiger partial charge in [-0.3, -0.25) is 4.40 Å². The summed E-state index contributed by atoms with van der Waals surface area (Å²) < 4.78 is 2.20. The number of hydrogen-bond acceptors (Lipinski definition) is 3. The van der Waals surface area contributed by atoms with Crippen LogP contribution in [0.5, 0.6) is 0 Å². The zero-order chi connectivity index (χ0) is 12.7. The lowest BCUT2D eigenvalue weighted by Crippen LogP contribution is -2.18. The van der Waals surface area contributed by atoms with Gasteiger partial charge in [0.2, 0.25) is 0 Å². The molecule has 0 bridgehead atoms. The average Bonchev–Trinajstić information content (AvgIpc) is 3.02. The predicted octanol–water partition coefficient (Wildman–Crippen LogP) is 3.17. The Balaban J connectivity index is 1.86.